The number of halogens is 1. The molecule has 0 radical (unpaired) electrons. The number of hydrogen-bond donors (Lipinski definition) is 1. The molecule has 3 heteroatoms. The van der Waals surface area contributed by atoms with Crippen LogP contribution in [0.25, 0.3) is 0 Å². The smallest absolute Gasteiger partial charge is 0.0692 e. The van der Waals surface area contributed by atoms with E-state index in [4.69, 9.17) is 5.11 Å². The Morgan fingerprint density at radius 3 is 2.62 bits per heavy atom. The van der Waals surface area contributed by atoms with Gasteiger partial charge in [-0.3, -0.25) is 0 Å². The van der Waals surface area contributed by atoms with Crippen molar-refractivity contribution in [2.45, 2.75) is 30.6 Å². The first-order valence-corrected chi connectivity index (χ1v) is 5.86. The van der Waals surface area contributed by atoms with Gasteiger partial charge in [0.15, 0.2) is 0 Å². The van der Waals surface area contributed by atoms with Crippen molar-refractivity contribution in [3.63, 3.8) is 0 Å². The van der Waals surface area contributed by atoms with E-state index < -0.39 is 0 Å². The Hall–Kier alpha value is 0.01000. The molecule has 0 atom stereocenters. The van der Waals surface area contributed by atoms with Crippen LogP contribution >= 0.6 is 27.7 Å². The summed E-state index contributed by atoms with van der Waals surface area (Å²) in [5, 5.41) is 9.54. The van der Waals surface area contributed by atoms with Crippen LogP contribution < -0.4 is 0 Å². The fraction of sp³-hybridized carbons (Fsp3) is 0.400. The topological polar surface area (TPSA) is 20.2 Å². The number of aliphatic hydroxyl groups is 1. The normalized spacial score (nSPS) is 10.8. The van der Waals surface area contributed by atoms with Crippen LogP contribution in [0.15, 0.2) is 27.6 Å². The average Bonchev–Trinajstić information content (AvgIpc) is 2.03. The van der Waals surface area contributed by atoms with E-state index >= 15 is 0 Å². The van der Waals surface area contributed by atoms with Gasteiger partial charge in [0.05, 0.1) is 6.61 Å². The summed E-state index contributed by atoms with van der Waals surface area (Å²) in [4.78, 5) is 1.24. The van der Waals surface area contributed by atoms with Crippen LogP contribution in [0.1, 0.15) is 19.4 Å². The number of thioether (sulfide) groups is 1. The van der Waals surface area contributed by atoms with Gasteiger partial charge in [-0.1, -0.05) is 35.8 Å². The van der Waals surface area contributed by atoms with Crippen molar-refractivity contribution in [1.82, 2.24) is 0 Å². The highest BCUT2D eigenvalue weighted by molar-refractivity contribution is 9.10. The van der Waals surface area contributed by atoms with Crippen LogP contribution in [-0.4, -0.2) is 10.4 Å². The van der Waals surface area contributed by atoms with Crippen LogP contribution in [0.4, 0.5) is 0 Å². The number of benzene rings is 1. The molecule has 1 aromatic rings. The molecule has 0 heterocycles. The second-order valence-corrected chi connectivity index (χ2v) is 5.58. The summed E-state index contributed by atoms with van der Waals surface area (Å²) in [7, 11) is 0. The Balaban J connectivity index is 2.83. The van der Waals surface area contributed by atoms with E-state index in [1.54, 1.807) is 0 Å². The molecule has 0 spiro atoms. The van der Waals surface area contributed by atoms with Crippen LogP contribution in [0.3, 0.4) is 0 Å². The first-order valence-electron chi connectivity index (χ1n) is 4.19. The maximum atomic E-state index is 8.95. The summed E-state index contributed by atoms with van der Waals surface area (Å²) < 4.78 is 0.987. The molecule has 72 valence electrons. The van der Waals surface area contributed by atoms with E-state index in [1.165, 1.54) is 4.90 Å². The first-order chi connectivity index (χ1) is 6.13. The van der Waals surface area contributed by atoms with Gasteiger partial charge in [-0.05, 0) is 17.7 Å². The van der Waals surface area contributed by atoms with E-state index in [0.717, 1.165) is 10.0 Å². The Labute approximate surface area is 91.7 Å². The number of aliphatic hydroxyl groups excluding tert-OH is 1. The molecule has 0 aliphatic rings. The molecule has 0 fully saturated rings. The van der Waals surface area contributed by atoms with Crippen molar-refractivity contribution in [3.05, 3.63) is 28.2 Å². The molecule has 0 saturated heterocycles. The van der Waals surface area contributed by atoms with Crippen molar-refractivity contribution in [3.8, 4) is 0 Å². The molecule has 0 aliphatic carbocycles. The largest absolute Gasteiger partial charge is 0.392 e. The van der Waals surface area contributed by atoms with Crippen molar-refractivity contribution in [2.75, 3.05) is 0 Å². The highest BCUT2D eigenvalue weighted by Crippen LogP contribution is 2.27. The summed E-state index contributed by atoms with van der Waals surface area (Å²) in [6, 6.07) is 6.05. The molecule has 0 bridgehead atoms. The Bertz CT molecular complexity index is 286. The molecular formula is C10H13BrOS. The van der Waals surface area contributed by atoms with Crippen molar-refractivity contribution in [2.24, 2.45) is 0 Å². The second kappa shape index (κ2) is 5.03. The van der Waals surface area contributed by atoms with E-state index in [0.29, 0.717) is 5.25 Å². The third-order valence-electron chi connectivity index (χ3n) is 1.57. The van der Waals surface area contributed by atoms with Gasteiger partial charge in [-0.25, -0.2) is 0 Å². The monoisotopic (exact) mass is 260 g/mol. The summed E-state index contributed by atoms with van der Waals surface area (Å²) in [6.45, 7) is 4.42. The molecule has 1 rings (SSSR count). The zero-order valence-electron chi connectivity index (χ0n) is 7.75. The maximum Gasteiger partial charge on any atom is 0.0692 e. The Morgan fingerprint density at radius 2 is 2.15 bits per heavy atom. The van der Waals surface area contributed by atoms with E-state index in [-0.39, 0.29) is 6.61 Å². The third kappa shape index (κ3) is 3.33. The molecule has 1 N–H and O–H groups in total. The molecule has 0 unspecified atom stereocenters. The minimum absolute atomic E-state index is 0.0905. The fourth-order valence-corrected chi connectivity index (χ4v) is 2.53. The van der Waals surface area contributed by atoms with Crippen LogP contribution in [0, 0.1) is 0 Å². The number of hydrogen-bond acceptors (Lipinski definition) is 2. The van der Waals surface area contributed by atoms with Gasteiger partial charge >= 0.3 is 0 Å². The standard InChI is InChI=1S/C10H13BrOS/c1-7(2)13-9-4-3-8(6-12)10(11)5-9/h3-5,7,12H,6H2,1-2H3. The molecule has 1 nitrogen and oxygen atoms in total. The Kier molecular flexibility index (Phi) is 4.29. The van der Waals surface area contributed by atoms with Gasteiger partial charge in [-0.2, -0.15) is 0 Å². The highest BCUT2D eigenvalue weighted by atomic mass is 79.9. The van der Waals surface area contributed by atoms with Crippen molar-refractivity contribution in [1.29, 1.82) is 0 Å². The van der Waals surface area contributed by atoms with Crippen molar-refractivity contribution >= 4 is 27.7 Å². The van der Waals surface area contributed by atoms with E-state index in [2.05, 4.69) is 35.8 Å². The third-order valence-corrected chi connectivity index (χ3v) is 3.30. The minimum Gasteiger partial charge on any atom is -0.392 e. The SMILES string of the molecule is CC(C)Sc1ccc(CO)c(Br)c1. The quantitative estimate of drug-likeness (QED) is 0.841. The van der Waals surface area contributed by atoms with Gasteiger partial charge in [0, 0.05) is 14.6 Å². The Morgan fingerprint density at radius 1 is 1.46 bits per heavy atom. The minimum atomic E-state index is 0.0905. The van der Waals surface area contributed by atoms with Gasteiger partial charge in [0.25, 0.3) is 0 Å². The molecule has 13 heavy (non-hydrogen) atoms. The van der Waals surface area contributed by atoms with Crippen LogP contribution in [0.2, 0.25) is 0 Å². The average molecular weight is 261 g/mol. The van der Waals surface area contributed by atoms with E-state index in [9.17, 15) is 0 Å². The maximum absolute atomic E-state index is 8.95. The molecule has 0 saturated carbocycles. The van der Waals surface area contributed by atoms with Gasteiger partial charge < -0.3 is 5.11 Å². The lowest BCUT2D eigenvalue weighted by Gasteiger charge is -2.07. The molecule has 0 aromatic heterocycles. The summed E-state index contributed by atoms with van der Waals surface area (Å²) in [5.41, 5.74) is 0.938. The summed E-state index contributed by atoms with van der Waals surface area (Å²) >= 11 is 5.24. The van der Waals surface area contributed by atoms with Crippen LogP contribution in [0.5, 0.6) is 0 Å². The first kappa shape index (κ1) is 11.1. The van der Waals surface area contributed by atoms with E-state index in [1.807, 2.05) is 23.9 Å². The summed E-state index contributed by atoms with van der Waals surface area (Å²) in [6.07, 6.45) is 0. The predicted octanol–water partition coefficient (Wildman–Crippen LogP) is 3.44. The van der Waals surface area contributed by atoms with Gasteiger partial charge in [0.2, 0.25) is 0 Å². The second-order valence-electron chi connectivity index (χ2n) is 3.08. The van der Waals surface area contributed by atoms with Gasteiger partial charge in [0.1, 0.15) is 0 Å². The van der Waals surface area contributed by atoms with Crippen molar-refractivity contribution < 1.29 is 5.11 Å². The van der Waals surface area contributed by atoms with Crippen LogP contribution in [-0.2, 0) is 6.61 Å². The predicted molar refractivity (Wildman–Crippen MR) is 61.1 cm³/mol. The number of rotatable bonds is 3. The lowest BCUT2D eigenvalue weighted by Crippen LogP contribution is -1.88. The highest BCUT2D eigenvalue weighted by Gasteiger charge is 2.02. The molecular weight excluding hydrogens is 248 g/mol. The zero-order chi connectivity index (χ0) is 9.84. The molecule has 0 amide bonds. The molecule has 1 aromatic carbocycles. The summed E-state index contributed by atoms with van der Waals surface area (Å²) in [5.74, 6) is 0. The molecule has 0 aliphatic heterocycles. The van der Waals surface area contributed by atoms with Gasteiger partial charge in [-0.15, -0.1) is 11.8 Å². The fourth-order valence-electron chi connectivity index (χ4n) is 1.00. The lowest BCUT2D eigenvalue weighted by molar-refractivity contribution is 0.281. The zero-order valence-corrected chi connectivity index (χ0v) is 10.2. The lowest BCUT2D eigenvalue weighted by atomic mass is 10.2.